The second-order valence-electron chi connectivity index (χ2n) is 12.6. The van der Waals surface area contributed by atoms with Crippen LogP contribution in [-0.4, -0.2) is 62.3 Å². The molecule has 45 heavy (non-hydrogen) atoms. The number of hydrogen-bond acceptors (Lipinski definition) is 7. The molecule has 4 aliphatic heterocycles. The maximum atomic E-state index is 12.3. The van der Waals surface area contributed by atoms with Gasteiger partial charge in [-0.15, -0.1) is 24.8 Å². The summed E-state index contributed by atoms with van der Waals surface area (Å²) in [5.41, 5.74) is 3.12. The number of ether oxygens (including phenoxy) is 3. The van der Waals surface area contributed by atoms with Crippen LogP contribution < -0.4 is 14.8 Å². The number of nitrogens with zero attached hydrogens (tertiary/aromatic N) is 5. The van der Waals surface area contributed by atoms with Crippen LogP contribution >= 0.6 is 24.8 Å². The predicted octanol–water partition coefficient (Wildman–Crippen LogP) is 6.18. The lowest BCUT2D eigenvalue weighted by atomic mass is 9.86. The van der Waals surface area contributed by atoms with Gasteiger partial charge in [-0.2, -0.15) is 10.2 Å². The summed E-state index contributed by atoms with van der Waals surface area (Å²) >= 11 is 0. The molecular formula is C33H40Cl2N6O4. The molecule has 2 saturated heterocycles. The SMILES string of the molecule is CC(C)(C)OC(=O)N1CCC2(CC1)Oc1ccccc1-n1nccc12.Cl.Cl.c1ccc2c(c1)OC1(CCNCC1)c1ccnn1-2. The molecule has 0 bridgehead atoms. The minimum absolute atomic E-state index is 0. The molecule has 2 aromatic carbocycles. The molecule has 0 saturated carbocycles. The van der Waals surface area contributed by atoms with Crippen molar-refractivity contribution >= 4 is 30.9 Å². The van der Waals surface area contributed by atoms with Gasteiger partial charge < -0.3 is 24.4 Å². The van der Waals surface area contributed by atoms with E-state index in [4.69, 9.17) is 14.2 Å². The normalized spacial score (nSPS) is 18.2. The van der Waals surface area contributed by atoms with Crippen molar-refractivity contribution in [1.29, 1.82) is 0 Å². The first-order valence-electron chi connectivity index (χ1n) is 15.1. The summed E-state index contributed by atoms with van der Waals surface area (Å²) in [6.45, 7) is 8.84. The monoisotopic (exact) mass is 654 g/mol. The van der Waals surface area contributed by atoms with E-state index in [0.717, 1.165) is 54.5 Å². The Kier molecular flexibility index (Phi) is 9.13. The molecule has 0 radical (unpaired) electrons. The maximum absolute atomic E-state index is 12.3. The lowest BCUT2D eigenvalue weighted by molar-refractivity contribution is -0.0275. The van der Waals surface area contributed by atoms with Gasteiger partial charge in [0, 0.05) is 51.2 Å². The number of rotatable bonds is 0. The molecule has 2 fully saturated rings. The van der Waals surface area contributed by atoms with E-state index >= 15 is 0 Å². The molecule has 0 atom stereocenters. The Morgan fingerprint density at radius 2 is 1.22 bits per heavy atom. The summed E-state index contributed by atoms with van der Waals surface area (Å²) < 4.78 is 22.3. The smallest absolute Gasteiger partial charge is 0.410 e. The lowest BCUT2D eigenvalue weighted by Gasteiger charge is -2.44. The molecule has 6 heterocycles. The van der Waals surface area contributed by atoms with Gasteiger partial charge in [0.2, 0.25) is 0 Å². The van der Waals surface area contributed by atoms with Crippen LogP contribution in [0.3, 0.4) is 0 Å². The van der Waals surface area contributed by atoms with Crippen LogP contribution in [0.4, 0.5) is 4.79 Å². The van der Waals surface area contributed by atoms with E-state index in [9.17, 15) is 4.79 Å². The molecule has 2 spiro atoms. The Hall–Kier alpha value is -3.73. The third-order valence-electron chi connectivity index (χ3n) is 8.65. The Morgan fingerprint density at radius 3 is 1.71 bits per heavy atom. The largest absolute Gasteiger partial charge is 0.479 e. The Bertz CT molecular complexity index is 1630. The minimum atomic E-state index is -0.481. The van der Waals surface area contributed by atoms with Crippen molar-refractivity contribution in [2.24, 2.45) is 0 Å². The summed E-state index contributed by atoms with van der Waals surface area (Å²) in [6.07, 6.45) is 6.83. The zero-order valence-corrected chi connectivity index (χ0v) is 27.4. The zero-order valence-electron chi connectivity index (χ0n) is 25.8. The van der Waals surface area contributed by atoms with E-state index in [-0.39, 0.29) is 36.5 Å². The fourth-order valence-corrected chi connectivity index (χ4v) is 6.57. The third-order valence-corrected chi connectivity index (χ3v) is 8.65. The van der Waals surface area contributed by atoms with Crippen molar-refractivity contribution in [3.05, 3.63) is 84.4 Å². The standard InChI is InChI=1S/C19H23N3O3.C14H15N3O.2ClH/c1-18(2,3)25-17(23)21-12-9-19(10-13-21)16-8-11-20-22(16)14-6-4-5-7-15(14)24-19;1-2-4-12-11(3-1)17-13(5-8-16-17)14(18-12)6-9-15-10-7-14;;/h4-8,11H,9-10,12-13H2,1-3H3;1-5,8,15H,6-7,9-10H2;2*1H. The van der Waals surface area contributed by atoms with Gasteiger partial charge in [-0.3, -0.25) is 0 Å². The quantitative estimate of drug-likeness (QED) is 0.242. The number of aromatic nitrogens is 4. The van der Waals surface area contributed by atoms with E-state index in [1.54, 1.807) is 4.90 Å². The summed E-state index contributed by atoms with van der Waals surface area (Å²) in [7, 11) is 0. The fraction of sp³-hybridized carbons (Fsp3) is 0.424. The molecule has 10 nitrogen and oxygen atoms in total. The molecule has 1 N–H and O–H groups in total. The van der Waals surface area contributed by atoms with Crippen LogP contribution in [0.5, 0.6) is 11.5 Å². The highest BCUT2D eigenvalue weighted by Crippen LogP contribution is 2.45. The van der Waals surface area contributed by atoms with Crippen LogP contribution in [0.2, 0.25) is 0 Å². The zero-order chi connectivity index (χ0) is 29.7. The topological polar surface area (TPSA) is 95.7 Å². The van der Waals surface area contributed by atoms with E-state index in [2.05, 4.69) is 27.6 Å². The summed E-state index contributed by atoms with van der Waals surface area (Å²) in [5, 5.41) is 12.3. The van der Waals surface area contributed by atoms with Gasteiger partial charge in [0.1, 0.15) is 28.5 Å². The first-order valence-corrected chi connectivity index (χ1v) is 15.1. The molecule has 0 aliphatic carbocycles. The number of piperidine rings is 2. The maximum Gasteiger partial charge on any atom is 0.410 e. The van der Waals surface area contributed by atoms with Crippen molar-refractivity contribution in [3.8, 4) is 22.9 Å². The van der Waals surface area contributed by atoms with Crippen LogP contribution in [0.25, 0.3) is 11.4 Å². The first kappa shape index (κ1) is 32.7. The molecule has 8 rings (SSSR count). The Balaban J connectivity index is 0.000000178. The van der Waals surface area contributed by atoms with Crippen LogP contribution in [0.1, 0.15) is 57.8 Å². The van der Waals surface area contributed by atoms with Gasteiger partial charge in [0.05, 0.1) is 11.4 Å². The number of carbonyl (C=O) groups excluding carboxylic acids is 1. The van der Waals surface area contributed by atoms with Gasteiger partial charge in [-0.05, 0) is 70.3 Å². The highest BCUT2D eigenvalue weighted by atomic mass is 35.5. The van der Waals surface area contributed by atoms with Crippen LogP contribution in [0, 0.1) is 0 Å². The average Bonchev–Trinajstić information content (AvgIpc) is 3.70. The molecule has 0 unspecified atom stereocenters. The van der Waals surface area contributed by atoms with Crippen LogP contribution in [-0.2, 0) is 15.9 Å². The molecule has 4 aliphatic rings. The van der Waals surface area contributed by atoms with Crippen molar-refractivity contribution in [2.75, 3.05) is 26.2 Å². The minimum Gasteiger partial charge on any atom is -0.479 e. The van der Waals surface area contributed by atoms with Crippen LogP contribution in [0.15, 0.2) is 73.1 Å². The van der Waals surface area contributed by atoms with Gasteiger partial charge >= 0.3 is 6.09 Å². The molecule has 240 valence electrons. The Labute approximate surface area is 275 Å². The Morgan fingerprint density at radius 1 is 0.756 bits per heavy atom. The average molecular weight is 656 g/mol. The van der Waals surface area contributed by atoms with Crippen molar-refractivity contribution < 1.29 is 19.0 Å². The third kappa shape index (κ3) is 5.98. The number of halogens is 2. The van der Waals surface area contributed by atoms with E-state index < -0.39 is 11.2 Å². The molecular weight excluding hydrogens is 615 g/mol. The number of likely N-dealkylation sites (tertiary alicyclic amines) is 1. The number of hydrogen-bond donors (Lipinski definition) is 1. The number of amides is 1. The fourth-order valence-electron chi connectivity index (χ4n) is 6.57. The van der Waals surface area contributed by atoms with Gasteiger partial charge in [-0.25, -0.2) is 14.2 Å². The van der Waals surface area contributed by atoms with E-state index in [0.29, 0.717) is 25.9 Å². The number of benzene rings is 2. The molecule has 2 aromatic heterocycles. The summed E-state index contributed by atoms with van der Waals surface area (Å²) in [4.78, 5) is 14.1. The molecule has 4 aromatic rings. The van der Waals surface area contributed by atoms with E-state index in [1.807, 2.05) is 91.1 Å². The number of para-hydroxylation sites is 4. The lowest BCUT2D eigenvalue weighted by Crippen LogP contribution is -2.50. The van der Waals surface area contributed by atoms with Crippen molar-refractivity contribution in [3.63, 3.8) is 0 Å². The summed E-state index contributed by atoms with van der Waals surface area (Å²) in [6, 6.07) is 20.2. The molecule has 12 heteroatoms. The van der Waals surface area contributed by atoms with Gasteiger partial charge in [0.25, 0.3) is 0 Å². The van der Waals surface area contributed by atoms with Gasteiger partial charge in [0.15, 0.2) is 11.2 Å². The number of nitrogens with one attached hydrogen (secondary N) is 1. The highest BCUT2D eigenvalue weighted by Gasteiger charge is 2.46. The van der Waals surface area contributed by atoms with E-state index in [1.165, 1.54) is 5.69 Å². The number of carbonyl (C=O) groups is 1. The highest BCUT2D eigenvalue weighted by molar-refractivity contribution is 5.85. The second-order valence-corrected chi connectivity index (χ2v) is 12.6. The van der Waals surface area contributed by atoms with Crippen molar-refractivity contribution in [1.82, 2.24) is 29.8 Å². The molecule has 1 amide bonds. The van der Waals surface area contributed by atoms with Crippen molar-refractivity contribution in [2.45, 2.75) is 63.3 Å². The van der Waals surface area contributed by atoms with Gasteiger partial charge in [-0.1, -0.05) is 24.3 Å². The number of fused-ring (bicyclic) bond motifs is 8. The second kappa shape index (κ2) is 12.6. The summed E-state index contributed by atoms with van der Waals surface area (Å²) in [5.74, 6) is 1.78. The predicted molar refractivity (Wildman–Crippen MR) is 175 cm³/mol. The first-order chi connectivity index (χ1) is 20.8.